The van der Waals surface area contributed by atoms with Crippen molar-refractivity contribution in [3.05, 3.63) is 70.2 Å². The molecule has 4 N–H and O–H groups in total. The third-order valence-corrected chi connectivity index (χ3v) is 4.33. The molecular weight excluding hydrogens is 393 g/mol. The summed E-state index contributed by atoms with van der Waals surface area (Å²) >= 11 is 17.0. The first-order chi connectivity index (χ1) is 12.4. The van der Waals surface area contributed by atoms with Crippen LogP contribution in [0.25, 0.3) is 10.8 Å². The van der Waals surface area contributed by atoms with Gasteiger partial charge in [-0.2, -0.15) is 0 Å². The number of hydrogen-bond acceptors (Lipinski definition) is 3. The van der Waals surface area contributed by atoms with E-state index < -0.39 is 5.91 Å². The van der Waals surface area contributed by atoms with Gasteiger partial charge in [0, 0.05) is 5.02 Å². The Bertz CT molecular complexity index is 1010. The quantitative estimate of drug-likeness (QED) is 0.373. The first kappa shape index (κ1) is 18.3. The van der Waals surface area contributed by atoms with Crippen molar-refractivity contribution in [2.24, 2.45) is 0 Å². The highest BCUT2D eigenvalue weighted by molar-refractivity contribution is 7.80. The van der Waals surface area contributed by atoms with E-state index in [9.17, 15) is 9.90 Å². The summed E-state index contributed by atoms with van der Waals surface area (Å²) in [7, 11) is 0. The maximum atomic E-state index is 12.3. The summed E-state index contributed by atoms with van der Waals surface area (Å²) < 4.78 is 0. The molecule has 0 radical (unpaired) electrons. The van der Waals surface area contributed by atoms with E-state index in [-0.39, 0.29) is 16.4 Å². The number of phenols is 1. The second kappa shape index (κ2) is 7.78. The van der Waals surface area contributed by atoms with Gasteiger partial charge in [0.05, 0.1) is 16.3 Å². The molecule has 0 bridgehead atoms. The number of phenolic OH excluding ortho intramolecular Hbond substituents is 1. The topological polar surface area (TPSA) is 73.4 Å². The van der Waals surface area contributed by atoms with E-state index in [0.717, 1.165) is 10.8 Å². The van der Waals surface area contributed by atoms with Crippen molar-refractivity contribution in [1.29, 1.82) is 0 Å². The minimum Gasteiger partial charge on any atom is -0.507 e. The average Bonchev–Trinajstić information content (AvgIpc) is 2.61. The highest BCUT2D eigenvalue weighted by Gasteiger charge is 2.13. The van der Waals surface area contributed by atoms with E-state index >= 15 is 0 Å². The Morgan fingerprint density at radius 1 is 0.962 bits per heavy atom. The predicted molar refractivity (Wildman–Crippen MR) is 109 cm³/mol. The lowest BCUT2D eigenvalue weighted by Crippen LogP contribution is -2.43. The maximum absolute atomic E-state index is 12.3. The Morgan fingerprint density at radius 3 is 2.35 bits per heavy atom. The Morgan fingerprint density at radius 2 is 1.65 bits per heavy atom. The molecule has 8 heteroatoms. The lowest BCUT2D eigenvalue weighted by molar-refractivity contribution is 0.0941. The molecule has 5 nitrogen and oxygen atoms in total. The smallest absolute Gasteiger partial charge is 0.273 e. The fourth-order valence-corrected chi connectivity index (χ4v) is 2.95. The molecule has 0 fully saturated rings. The second-order valence-electron chi connectivity index (χ2n) is 5.37. The number of nitrogens with one attached hydrogen (secondary N) is 3. The number of thiocarbonyl (C=S) groups is 1. The number of fused-ring (bicyclic) bond motifs is 1. The largest absolute Gasteiger partial charge is 0.507 e. The molecule has 0 aliphatic rings. The molecule has 3 aromatic rings. The first-order valence-corrected chi connectivity index (χ1v) is 8.64. The monoisotopic (exact) mass is 405 g/mol. The van der Waals surface area contributed by atoms with Gasteiger partial charge in [0.15, 0.2) is 5.11 Å². The normalized spacial score (nSPS) is 10.4. The van der Waals surface area contributed by atoms with Gasteiger partial charge in [-0.3, -0.25) is 15.6 Å². The number of aromatic hydroxyl groups is 1. The van der Waals surface area contributed by atoms with Crippen LogP contribution in [0.1, 0.15) is 10.4 Å². The van der Waals surface area contributed by atoms with Gasteiger partial charge in [-0.05, 0) is 53.3 Å². The molecule has 132 valence electrons. The van der Waals surface area contributed by atoms with E-state index in [1.54, 1.807) is 24.3 Å². The highest BCUT2D eigenvalue weighted by atomic mass is 35.5. The summed E-state index contributed by atoms with van der Waals surface area (Å²) in [4.78, 5) is 12.3. The summed E-state index contributed by atoms with van der Waals surface area (Å²) in [5.41, 5.74) is 5.66. The number of amides is 1. The van der Waals surface area contributed by atoms with Crippen LogP contribution in [0.3, 0.4) is 0 Å². The van der Waals surface area contributed by atoms with E-state index in [0.29, 0.717) is 15.7 Å². The molecule has 0 aromatic heterocycles. The van der Waals surface area contributed by atoms with Crippen molar-refractivity contribution < 1.29 is 9.90 Å². The zero-order chi connectivity index (χ0) is 18.7. The van der Waals surface area contributed by atoms with E-state index in [1.165, 1.54) is 6.07 Å². The van der Waals surface area contributed by atoms with Crippen LogP contribution in [0.4, 0.5) is 5.69 Å². The van der Waals surface area contributed by atoms with Crippen molar-refractivity contribution in [3.8, 4) is 5.75 Å². The van der Waals surface area contributed by atoms with Crippen molar-refractivity contribution in [3.63, 3.8) is 0 Å². The van der Waals surface area contributed by atoms with Gasteiger partial charge in [0.1, 0.15) is 5.75 Å². The number of carbonyl (C=O) groups excluding carboxylic acids is 1. The number of halogens is 2. The van der Waals surface area contributed by atoms with Crippen LogP contribution in [0.2, 0.25) is 10.0 Å². The van der Waals surface area contributed by atoms with Crippen molar-refractivity contribution in [2.75, 3.05) is 5.32 Å². The minimum absolute atomic E-state index is 0.123. The lowest BCUT2D eigenvalue weighted by Gasteiger charge is -2.13. The molecule has 0 heterocycles. The van der Waals surface area contributed by atoms with Crippen LogP contribution in [-0.2, 0) is 0 Å². The van der Waals surface area contributed by atoms with Gasteiger partial charge in [-0.25, -0.2) is 0 Å². The lowest BCUT2D eigenvalue weighted by atomic mass is 10.1. The van der Waals surface area contributed by atoms with Gasteiger partial charge in [-0.1, -0.05) is 47.5 Å². The van der Waals surface area contributed by atoms with Gasteiger partial charge < -0.3 is 10.4 Å². The molecule has 0 aliphatic carbocycles. The maximum Gasteiger partial charge on any atom is 0.273 e. The summed E-state index contributed by atoms with van der Waals surface area (Å²) in [6, 6.07) is 15.4. The second-order valence-corrected chi connectivity index (χ2v) is 6.63. The summed E-state index contributed by atoms with van der Waals surface area (Å²) in [5.74, 6) is -0.651. The fraction of sp³-hybridized carbons (Fsp3) is 0. The molecule has 3 aromatic carbocycles. The first-order valence-electron chi connectivity index (χ1n) is 7.48. The van der Waals surface area contributed by atoms with E-state index in [1.807, 2.05) is 24.3 Å². The number of hydrazine groups is 1. The molecular formula is C18H13Cl2N3O2S. The van der Waals surface area contributed by atoms with Gasteiger partial charge in [0.2, 0.25) is 0 Å². The highest BCUT2D eigenvalue weighted by Crippen LogP contribution is 2.26. The SMILES string of the molecule is O=C(NNC(=S)Nc1ccc(Cl)cc1Cl)c1cc2ccccc2cc1O. The van der Waals surface area contributed by atoms with Crippen molar-refractivity contribution >= 4 is 62.9 Å². The molecule has 0 saturated heterocycles. The van der Waals surface area contributed by atoms with Gasteiger partial charge in [0.25, 0.3) is 5.91 Å². The van der Waals surface area contributed by atoms with Crippen LogP contribution >= 0.6 is 35.4 Å². The van der Waals surface area contributed by atoms with Crippen molar-refractivity contribution in [2.45, 2.75) is 0 Å². The molecule has 0 spiro atoms. The Balaban J connectivity index is 1.66. The van der Waals surface area contributed by atoms with E-state index in [2.05, 4.69) is 16.2 Å². The summed E-state index contributed by atoms with van der Waals surface area (Å²) in [6.45, 7) is 0. The Kier molecular flexibility index (Phi) is 5.46. The number of rotatable bonds is 2. The molecule has 0 unspecified atom stereocenters. The van der Waals surface area contributed by atoms with Gasteiger partial charge in [-0.15, -0.1) is 0 Å². The molecule has 26 heavy (non-hydrogen) atoms. The van der Waals surface area contributed by atoms with Gasteiger partial charge >= 0.3 is 0 Å². The number of benzene rings is 3. The zero-order valence-electron chi connectivity index (χ0n) is 13.2. The third kappa shape index (κ3) is 4.16. The predicted octanol–water partition coefficient (Wildman–Crippen LogP) is 4.48. The van der Waals surface area contributed by atoms with Crippen LogP contribution in [0.5, 0.6) is 5.75 Å². The molecule has 1 amide bonds. The average molecular weight is 406 g/mol. The molecule has 0 atom stereocenters. The Labute approximate surface area is 164 Å². The van der Waals surface area contributed by atoms with Crippen LogP contribution in [-0.4, -0.2) is 16.1 Å². The Hall–Kier alpha value is -2.54. The van der Waals surface area contributed by atoms with Crippen LogP contribution in [0.15, 0.2) is 54.6 Å². The van der Waals surface area contributed by atoms with E-state index in [4.69, 9.17) is 35.4 Å². The molecule has 0 saturated carbocycles. The zero-order valence-corrected chi connectivity index (χ0v) is 15.5. The number of anilines is 1. The summed E-state index contributed by atoms with van der Waals surface area (Å²) in [5, 5.41) is 15.6. The molecule has 0 aliphatic heterocycles. The minimum atomic E-state index is -0.528. The number of hydrogen-bond donors (Lipinski definition) is 4. The fourth-order valence-electron chi connectivity index (χ4n) is 2.34. The third-order valence-electron chi connectivity index (χ3n) is 3.58. The molecule has 3 rings (SSSR count). The summed E-state index contributed by atoms with van der Waals surface area (Å²) in [6.07, 6.45) is 0. The van der Waals surface area contributed by atoms with Crippen LogP contribution in [0, 0.1) is 0 Å². The van der Waals surface area contributed by atoms with Crippen molar-refractivity contribution in [1.82, 2.24) is 10.9 Å². The number of carbonyl (C=O) groups is 1. The standard InChI is InChI=1S/C18H13Cl2N3O2S/c19-12-5-6-15(14(20)9-12)21-18(26)23-22-17(25)13-7-10-3-1-2-4-11(10)8-16(13)24/h1-9,24H,(H,22,25)(H2,21,23,26). The van der Waals surface area contributed by atoms with Crippen LogP contribution < -0.4 is 16.2 Å².